The van der Waals surface area contributed by atoms with Gasteiger partial charge < -0.3 is 9.84 Å². The summed E-state index contributed by atoms with van der Waals surface area (Å²) in [5.74, 6) is 0. The summed E-state index contributed by atoms with van der Waals surface area (Å²) in [7, 11) is 0. The molecule has 0 aliphatic rings. The number of rotatable bonds is 6. The van der Waals surface area contributed by atoms with Gasteiger partial charge in [0.2, 0.25) is 0 Å². The number of aliphatic hydroxyl groups excluding tert-OH is 1. The highest BCUT2D eigenvalue weighted by Crippen LogP contribution is 1.94. The molecule has 4 nitrogen and oxygen atoms in total. The number of aliphatic hydroxyl groups is 1. The predicted molar refractivity (Wildman–Crippen MR) is 37.8 cm³/mol. The van der Waals surface area contributed by atoms with Crippen LogP contribution in [0.25, 0.3) is 0 Å². The highest BCUT2D eigenvalue weighted by atomic mass is 16.5. The third kappa shape index (κ3) is 5.65. The van der Waals surface area contributed by atoms with Crippen molar-refractivity contribution in [1.82, 2.24) is 0 Å². The first-order valence-corrected chi connectivity index (χ1v) is 3.32. The average Bonchev–Trinajstić information content (AvgIpc) is 1.98. The highest BCUT2D eigenvalue weighted by Gasteiger charge is 1.98. The Morgan fingerprint density at radius 1 is 1.60 bits per heavy atom. The van der Waals surface area contributed by atoms with Crippen LogP contribution in [-0.4, -0.2) is 31.0 Å². The van der Waals surface area contributed by atoms with E-state index in [9.17, 15) is 4.91 Å². The molecule has 0 saturated carbocycles. The summed E-state index contributed by atoms with van der Waals surface area (Å²) >= 11 is 0. The number of ether oxygens (including phenoxy) is 1. The van der Waals surface area contributed by atoms with E-state index in [-0.39, 0.29) is 12.6 Å². The average molecular weight is 147 g/mol. The maximum Gasteiger partial charge on any atom is 0.0913 e. The molecule has 10 heavy (non-hydrogen) atoms. The topological polar surface area (TPSA) is 58.9 Å². The predicted octanol–water partition coefficient (Wildman–Crippen LogP) is 0.540. The van der Waals surface area contributed by atoms with Crippen LogP contribution in [0.5, 0.6) is 0 Å². The van der Waals surface area contributed by atoms with Gasteiger partial charge in [0.05, 0.1) is 19.3 Å². The minimum atomic E-state index is -0.182. The van der Waals surface area contributed by atoms with Gasteiger partial charge in [-0.15, -0.1) is 0 Å². The summed E-state index contributed by atoms with van der Waals surface area (Å²) < 4.78 is 4.91. The van der Waals surface area contributed by atoms with Gasteiger partial charge in [-0.1, -0.05) is 5.18 Å². The second-order valence-electron chi connectivity index (χ2n) is 2.08. The monoisotopic (exact) mass is 147 g/mol. The smallest absolute Gasteiger partial charge is 0.0913 e. The Labute approximate surface area is 60.2 Å². The lowest BCUT2D eigenvalue weighted by Gasteiger charge is -2.01. The van der Waals surface area contributed by atoms with Crippen LogP contribution in [0.1, 0.15) is 13.3 Å². The molecule has 1 N–H and O–H groups in total. The Morgan fingerprint density at radius 3 is 2.80 bits per heavy atom. The maximum atomic E-state index is 9.81. The van der Waals surface area contributed by atoms with Gasteiger partial charge in [-0.3, -0.25) is 0 Å². The summed E-state index contributed by atoms with van der Waals surface area (Å²) in [6, 6.07) is -0.182. The molecule has 0 aliphatic carbocycles. The quantitative estimate of drug-likeness (QED) is 0.440. The first-order chi connectivity index (χ1) is 4.81. The van der Waals surface area contributed by atoms with Gasteiger partial charge in [0, 0.05) is 6.61 Å². The molecule has 1 atom stereocenters. The lowest BCUT2D eigenvalue weighted by atomic mass is 10.3. The molecular weight excluding hydrogens is 134 g/mol. The lowest BCUT2D eigenvalue weighted by molar-refractivity contribution is 0.0885. The van der Waals surface area contributed by atoms with Gasteiger partial charge in [0.1, 0.15) is 0 Å². The molecule has 0 spiro atoms. The Bertz CT molecular complexity index is 87.1. The molecule has 0 fully saturated rings. The molecule has 0 radical (unpaired) electrons. The molecule has 0 aromatic rings. The zero-order valence-corrected chi connectivity index (χ0v) is 6.12. The van der Waals surface area contributed by atoms with Crippen molar-refractivity contribution in [3.63, 3.8) is 0 Å². The van der Waals surface area contributed by atoms with Gasteiger partial charge in [-0.25, -0.2) is 0 Å². The zero-order chi connectivity index (χ0) is 7.82. The molecule has 0 amide bonds. The third-order valence-electron chi connectivity index (χ3n) is 1.10. The van der Waals surface area contributed by atoms with E-state index in [1.54, 1.807) is 6.92 Å². The molecule has 1 unspecified atom stereocenters. The van der Waals surface area contributed by atoms with Crippen LogP contribution in [0.2, 0.25) is 0 Å². The Hall–Kier alpha value is -0.480. The van der Waals surface area contributed by atoms with Crippen LogP contribution >= 0.6 is 0 Å². The fourth-order valence-electron chi connectivity index (χ4n) is 0.473. The fourth-order valence-corrected chi connectivity index (χ4v) is 0.473. The van der Waals surface area contributed by atoms with Crippen molar-refractivity contribution in [3.05, 3.63) is 4.91 Å². The molecule has 0 heterocycles. The summed E-state index contributed by atoms with van der Waals surface area (Å²) in [6.45, 7) is 2.59. The Morgan fingerprint density at radius 2 is 2.30 bits per heavy atom. The first-order valence-electron chi connectivity index (χ1n) is 3.32. The van der Waals surface area contributed by atoms with Gasteiger partial charge >= 0.3 is 0 Å². The van der Waals surface area contributed by atoms with E-state index in [2.05, 4.69) is 5.18 Å². The summed E-state index contributed by atoms with van der Waals surface area (Å²) in [5, 5.41) is 11.1. The second kappa shape index (κ2) is 6.64. The number of nitrogens with zero attached hydrogens (tertiary/aromatic N) is 1. The SMILES string of the molecule is CC(CCOCCO)N=O. The molecule has 0 aromatic heterocycles. The van der Waals surface area contributed by atoms with Gasteiger partial charge in [0.25, 0.3) is 0 Å². The zero-order valence-electron chi connectivity index (χ0n) is 6.12. The van der Waals surface area contributed by atoms with Crippen LogP contribution in [0, 0.1) is 4.91 Å². The van der Waals surface area contributed by atoms with Crippen molar-refractivity contribution in [3.8, 4) is 0 Å². The van der Waals surface area contributed by atoms with E-state index in [0.29, 0.717) is 19.6 Å². The van der Waals surface area contributed by atoms with Gasteiger partial charge in [-0.2, -0.15) is 4.91 Å². The number of hydrogen-bond acceptors (Lipinski definition) is 4. The van der Waals surface area contributed by atoms with E-state index in [0.717, 1.165) is 0 Å². The van der Waals surface area contributed by atoms with Crippen LogP contribution < -0.4 is 0 Å². The van der Waals surface area contributed by atoms with E-state index >= 15 is 0 Å². The molecule has 0 bridgehead atoms. The molecule has 0 aromatic carbocycles. The Kier molecular flexibility index (Phi) is 6.32. The molecule has 0 rings (SSSR count). The molecule has 0 saturated heterocycles. The van der Waals surface area contributed by atoms with Crippen molar-refractivity contribution in [2.75, 3.05) is 19.8 Å². The number of hydrogen-bond donors (Lipinski definition) is 1. The minimum Gasteiger partial charge on any atom is -0.394 e. The highest BCUT2D eigenvalue weighted by molar-refractivity contribution is 4.56. The van der Waals surface area contributed by atoms with Crippen LogP contribution in [0.15, 0.2) is 5.18 Å². The van der Waals surface area contributed by atoms with Crippen molar-refractivity contribution < 1.29 is 9.84 Å². The molecular formula is C6H13NO3. The van der Waals surface area contributed by atoms with E-state index in [1.807, 2.05) is 0 Å². The number of nitroso groups, excluding NO2 is 1. The van der Waals surface area contributed by atoms with E-state index in [1.165, 1.54) is 0 Å². The summed E-state index contributed by atoms with van der Waals surface area (Å²) in [6.07, 6.45) is 0.628. The van der Waals surface area contributed by atoms with Crippen LogP contribution in [0.3, 0.4) is 0 Å². The molecule has 0 aliphatic heterocycles. The van der Waals surface area contributed by atoms with Crippen molar-refractivity contribution in [2.45, 2.75) is 19.4 Å². The van der Waals surface area contributed by atoms with Gasteiger partial charge in [-0.05, 0) is 13.3 Å². The Balaban J connectivity index is 2.95. The first kappa shape index (κ1) is 9.52. The van der Waals surface area contributed by atoms with Crippen molar-refractivity contribution >= 4 is 0 Å². The summed E-state index contributed by atoms with van der Waals surface area (Å²) in [5.41, 5.74) is 0. The van der Waals surface area contributed by atoms with Crippen molar-refractivity contribution in [2.24, 2.45) is 5.18 Å². The van der Waals surface area contributed by atoms with E-state index < -0.39 is 0 Å². The minimum absolute atomic E-state index is 0.0307. The molecule has 4 heteroatoms. The summed E-state index contributed by atoms with van der Waals surface area (Å²) in [4.78, 5) is 9.81. The van der Waals surface area contributed by atoms with E-state index in [4.69, 9.17) is 9.84 Å². The largest absolute Gasteiger partial charge is 0.394 e. The standard InChI is InChI=1S/C6H13NO3/c1-6(7-9)2-4-10-5-3-8/h6,8H,2-5H2,1H3. The maximum absolute atomic E-state index is 9.81. The van der Waals surface area contributed by atoms with Crippen LogP contribution in [0.4, 0.5) is 0 Å². The van der Waals surface area contributed by atoms with Crippen LogP contribution in [-0.2, 0) is 4.74 Å². The lowest BCUT2D eigenvalue weighted by Crippen LogP contribution is -2.06. The second-order valence-corrected chi connectivity index (χ2v) is 2.08. The fraction of sp³-hybridized carbons (Fsp3) is 1.00. The molecule has 60 valence electrons. The normalized spacial score (nSPS) is 13.0. The van der Waals surface area contributed by atoms with Gasteiger partial charge in [0.15, 0.2) is 0 Å². The van der Waals surface area contributed by atoms with Crippen molar-refractivity contribution in [1.29, 1.82) is 0 Å². The third-order valence-corrected chi connectivity index (χ3v) is 1.10.